The van der Waals surface area contributed by atoms with Crippen LogP contribution < -0.4 is 9.64 Å². The third kappa shape index (κ3) is 5.42. The number of rotatable bonds is 6. The van der Waals surface area contributed by atoms with Crippen LogP contribution in [0.5, 0.6) is 5.75 Å². The lowest BCUT2D eigenvalue weighted by atomic mass is 10.1. The van der Waals surface area contributed by atoms with E-state index in [1.165, 1.54) is 25.4 Å². The number of anilines is 2. The highest BCUT2D eigenvalue weighted by atomic mass is 79.9. The van der Waals surface area contributed by atoms with Crippen molar-refractivity contribution >= 4 is 43.1 Å². The summed E-state index contributed by atoms with van der Waals surface area (Å²) in [5.41, 5.74) is 1.22. The monoisotopic (exact) mass is 546 g/mol. The summed E-state index contributed by atoms with van der Waals surface area (Å²) in [7, 11) is -0.750. The lowest BCUT2D eigenvalue weighted by Crippen LogP contribution is -2.26. The maximum absolute atomic E-state index is 13.5. The highest BCUT2D eigenvalue weighted by Crippen LogP contribution is 2.37. The number of hydrogen-bond acceptors (Lipinski definition) is 7. The number of halogens is 1. The minimum atomic E-state index is -3.96. The molecule has 0 amide bonds. The van der Waals surface area contributed by atoms with Gasteiger partial charge in [-0.15, -0.1) is 0 Å². The SMILES string of the molecule is COc1ccc(S(=O)(=O)c2ncccc2N(C)c2c(C)cc(Br)cc2C(=O)OC(C)(C)C)cc1. The number of benzene rings is 2. The van der Waals surface area contributed by atoms with Crippen LogP contribution in [0.2, 0.25) is 0 Å². The van der Waals surface area contributed by atoms with Gasteiger partial charge in [0.25, 0.3) is 0 Å². The Morgan fingerprint density at radius 3 is 2.32 bits per heavy atom. The molecule has 0 atom stereocenters. The first-order valence-electron chi connectivity index (χ1n) is 10.5. The van der Waals surface area contributed by atoms with Crippen LogP contribution in [0.15, 0.2) is 69.1 Å². The number of pyridine rings is 1. The van der Waals surface area contributed by atoms with E-state index >= 15 is 0 Å². The predicted octanol–water partition coefficient (Wildman–Crippen LogP) is 5.72. The van der Waals surface area contributed by atoms with Crippen LogP contribution >= 0.6 is 15.9 Å². The zero-order chi connectivity index (χ0) is 25.3. The first-order chi connectivity index (χ1) is 15.8. The molecule has 0 aliphatic carbocycles. The molecule has 0 saturated carbocycles. The third-order valence-corrected chi connectivity index (χ3v) is 7.13. The fraction of sp³-hybridized carbons (Fsp3) is 0.280. The standard InChI is InChI=1S/C25H27BrN2O5S/c1-16-14-17(26)15-20(24(29)33-25(2,3)4)22(16)28(5)21-8-7-13-27-23(21)34(30,31)19-11-9-18(32-6)10-12-19/h7-15H,1-6H3. The smallest absolute Gasteiger partial charge is 0.340 e. The largest absolute Gasteiger partial charge is 0.497 e. The lowest BCUT2D eigenvalue weighted by molar-refractivity contribution is 0.00702. The molecule has 9 heteroatoms. The van der Waals surface area contributed by atoms with E-state index in [4.69, 9.17) is 9.47 Å². The average Bonchev–Trinajstić information content (AvgIpc) is 2.77. The van der Waals surface area contributed by atoms with E-state index in [2.05, 4.69) is 20.9 Å². The number of carbonyl (C=O) groups excluding carboxylic acids is 1. The van der Waals surface area contributed by atoms with Gasteiger partial charge in [-0.1, -0.05) is 15.9 Å². The van der Waals surface area contributed by atoms with Crippen molar-refractivity contribution in [2.75, 3.05) is 19.1 Å². The van der Waals surface area contributed by atoms with E-state index in [1.54, 1.807) is 63.1 Å². The summed E-state index contributed by atoms with van der Waals surface area (Å²) in [6.07, 6.45) is 1.43. The van der Waals surface area contributed by atoms with Gasteiger partial charge in [0.2, 0.25) is 9.84 Å². The van der Waals surface area contributed by atoms with Crippen molar-refractivity contribution in [2.24, 2.45) is 0 Å². The van der Waals surface area contributed by atoms with Gasteiger partial charge >= 0.3 is 5.97 Å². The van der Waals surface area contributed by atoms with Gasteiger partial charge in [-0.25, -0.2) is 18.2 Å². The minimum absolute atomic E-state index is 0.0848. The number of sulfone groups is 1. The number of carbonyl (C=O) groups is 1. The summed E-state index contributed by atoms with van der Waals surface area (Å²) in [6.45, 7) is 7.22. The second-order valence-electron chi connectivity index (χ2n) is 8.69. The molecule has 34 heavy (non-hydrogen) atoms. The second kappa shape index (κ2) is 9.76. The Kier molecular flexibility index (Phi) is 7.38. The van der Waals surface area contributed by atoms with Crippen LogP contribution in [0.3, 0.4) is 0 Å². The molecule has 0 N–H and O–H groups in total. The predicted molar refractivity (Wildman–Crippen MR) is 135 cm³/mol. The number of methoxy groups -OCH3 is 1. The first kappa shape index (κ1) is 25.7. The van der Waals surface area contributed by atoms with E-state index in [-0.39, 0.29) is 9.92 Å². The van der Waals surface area contributed by atoms with Crippen molar-refractivity contribution in [3.63, 3.8) is 0 Å². The summed E-state index contributed by atoms with van der Waals surface area (Å²) in [4.78, 5) is 19.0. The first-order valence-corrected chi connectivity index (χ1v) is 12.7. The molecule has 0 saturated heterocycles. The van der Waals surface area contributed by atoms with Crippen LogP contribution in [0.25, 0.3) is 0 Å². The molecule has 1 aromatic heterocycles. The summed E-state index contributed by atoms with van der Waals surface area (Å²) < 4.78 is 38.5. The molecule has 3 rings (SSSR count). The maximum Gasteiger partial charge on any atom is 0.340 e. The number of nitrogens with zero attached hydrogens (tertiary/aromatic N) is 2. The third-order valence-electron chi connectivity index (χ3n) is 4.96. The zero-order valence-corrected chi connectivity index (χ0v) is 22.3. The fourth-order valence-corrected chi connectivity index (χ4v) is 5.47. The van der Waals surface area contributed by atoms with Gasteiger partial charge in [0.15, 0.2) is 5.03 Å². The Hall–Kier alpha value is -2.91. The summed E-state index contributed by atoms with van der Waals surface area (Å²) >= 11 is 3.44. The lowest BCUT2D eigenvalue weighted by Gasteiger charge is -2.27. The Balaban J connectivity index is 2.16. The summed E-state index contributed by atoms with van der Waals surface area (Å²) in [5.74, 6) is 0.0343. The van der Waals surface area contributed by atoms with Crippen LogP contribution in [0, 0.1) is 6.92 Å². The summed E-state index contributed by atoms with van der Waals surface area (Å²) in [6, 6.07) is 12.9. The van der Waals surface area contributed by atoms with Gasteiger partial charge in [0.1, 0.15) is 11.4 Å². The Labute approximate surface area is 208 Å². The van der Waals surface area contributed by atoms with Crippen molar-refractivity contribution in [2.45, 2.75) is 43.2 Å². The molecule has 7 nitrogen and oxygen atoms in total. The number of esters is 1. The Morgan fingerprint density at radius 1 is 1.09 bits per heavy atom. The second-order valence-corrected chi connectivity index (χ2v) is 11.5. The molecule has 1 heterocycles. The van der Waals surface area contributed by atoms with Crippen LogP contribution in [-0.2, 0) is 14.6 Å². The zero-order valence-electron chi connectivity index (χ0n) is 19.9. The number of ether oxygens (including phenoxy) is 2. The molecule has 180 valence electrons. The summed E-state index contributed by atoms with van der Waals surface area (Å²) in [5, 5.41) is -0.125. The fourth-order valence-electron chi connectivity index (χ4n) is 3.50. The molecule has 0 bridgehead atoms. The number of hydrogen-bond donors (Lipinski definition) is 0. The average molecular weight is 547 g/mol. The minimum Gasteiger partial charge on any atom is -0.497 e. The van der Waals surface area contributed by atoms with Gasteiger partial charge in [-0.05, 0) is 81.8 Å². The molecule has 0 radical (unpaired) electrons. The molecule has 2 aromatic carbocycles. The van der Waals surface area contributed by atoms with Crippen LogP contribution in [-0.4, -0.2) is 39.1 Å². The molecule has 0 unspecified atom stereocenters. The van der Waals surface area contributed by atoms with E-state index in [0.717, 1.165) is 5.56 Å². The van der Waals surface area contributed by atoms with Gasteiger partial charge in [0, 0.05) is 17.7 Å². The van der Waals surface area contributed by atoms with Crippen molar-refractivity contribution in [1.82, 2.24) is 4.98 Å². The highest BCUT2D eigenvalue weighted by molar-refractivity contribution is 9.10. The highest BCUT2D eigenvalue weighted by Gasteiger charge is 2.29. The quantitative estimate of drug-likeness (QED) is 0.365. The van der Waals surface area contributed by atoms with Crippen LogP contribution in [0.1, 0.15) is 36.7 Å². The van der Waals surface area contributed by atoms with Crippen molar-refractivity contribution < 1.29 is 22.7 Å². The Bertz CT molecular complexity index is 1320. The molecule has 0 aliphatic rings. The molecular weight excluding hydrogens is 520 g/mol. The van der Waals surface area contributed by atoms with Crippen LogP contribution in [0.4, 0.5) is 11.4 Å². The van der Waals surface area contributed by atoms with E-state index in [9.17, 15) is 13.2 Å². The van der Waals surface area contributed by atoms with Crippen molar-refractivity contribution in [1.29, 1.82) is 0 Å². The van der Waals surface area contributed by atoms with Gasteiger partial charge in [-0.2, -0.15) is 0 Å². The Morgan fingerprint density at radius 2 is 1.74 bits per heavy atom. The number of aromatic nitrogens is 1. The van der Waals surface area contributed by atoms with Crippen molar-refractivity contribution in [3.8, 4) is 5.75 Å². The van der Waals surface area contributed by atoms with Crippen molar-refractivity contribution in [3.05, 3.63) is 70.3 Å². The van der Waals surface area contributed by atoms with E-state index < -0.39 is 21.4 Å². The number of aryl methyl sites for hydroxylation is 1. The molecule has 3 aromatic rings. The maximum atomic E-state index is 13.5. The van der Waals surface area contributed by atoms with Gasteiger partial charge in [0.05, 0.1) is 28.9 Å². The normalized spacial score (nSPS) is 11.7. The molecule has 0 fully saturated rings. The molecular formula is C25H27BrN2O5S. The van der Waals surface area contributed by atoms with E-state index in [1.807, 2.05) is 13.0 Å². The van der Waals surface area contributed by atoms with Gasteiger partial charge in [-0.3, -0.25) is 0 Å². The molecule has 0 aliphatic heterocycles. The topological polar surface area (TPSA) is 85.8 Å². The van der Waals surface area contributed by atoms with Gasteiger partial charge < -0.3 is 14.4 Å². The molecule has 0 spiro atoms. The van der Waals surface area contributed by atoms with E-state index in [0.29, 0.717) is 27.2 Å².